The Hall–Kier alpha value is -2.43. The Morgan fingerprint density at radius 2 is 2.09 bits per heavy atom. The molecule has 1 heterocycles. The molecule has 0 radical (unpaired) electrons. The number of benzene rings is 1. The molecular weight excluding hydrogens is 278 g/mol. The van der Waals surface area contributed by atoms with Crippen molar-refractivity contribution < 1.29 is 4.79 Å². The SMILES string of the molecule is O=C(NCCn1cnccc1=O)c1ccccc1C1CCC1. The number of aromatic nitrogens is 2. The average molecular weight is 297 g/mol. The zero-order valence-corrected chi connectivity index (χ0v) is 12.4. The van der Waals surface area contributed by atoms with E-state index in [9.17, 15) is 9.59 Å². The monoisotopic (exact) mass is 297 g/mol. The highest BCUT2D eigenvalue weighted by molar-refractivity contribution is 5.95. The highest BCUT2D eigenvalue weighted by Gasteiger charge is 2.23. The van der Waals surface area contributed by atoms with Crippen LogP contribution < -0.4 is 10.9 Å². The Bertz CT molecular complexity index is 720. The van der Waals surface area contributed by atoms with Crippen LogP contribution in [-0.2, 0) is 6.54 Å². The van der Waals surface area contributed by atoms with Gasteiger partial charge in [0.15, 0.2) is 0 Å². The minimum atomic E-state index is -0.112. The van der Waals surface area contributed by atoms with Crippen LogP contribution in [0.15, 0.2) is 47.7 Å². The molecule has 0 unspecified atom stereocenters. The molecule has 1 N–H and O–H groups in total. The summed E-state index contributed by atoms with van der Waals surface area (Å²) in [5, 5.41) is 2.89. The number of amides is 1. The number of carbonyl (C=O) groups is 1. The van der Waals surface area contributed by atoms with E-state index in [2.05, 4.69) is 10.3 Å². The van der Waals surface area contributed by atoms with Gasteiger partial charge in [-0.05, 0) is 30.4 Å². The molecule has 0 atom stereocenters. The predicted octanol–water partition coefficient (Wildman–Crippen LogP) is 1.94. The molecule has 5 heteroatoms. The zero-order chi connectivity index (χ0) is 15.4. The average Bonchev–Trinajstić information content (AvgIpc) is 2.48. The number of nitrogens with one attached hydrogen (secondary N) is 1. The number of hydrogen-bond acceptors (Lipinski definition) is 3. The lowest BCUT2D eigenvalue weighted by Gasteiger charge is -2.27. The molecule has 5 nitrogen and oxygen atoms in total. The standard InChI is InChI=1S/C17H19N3O2/c21-16-8-9-18-12-20(16)11-10-19-17(22)15-7-2-1-6-14(15)13-4-3-5-13/h1-2,6-9,12-13H,3-5,10-11H2,(H,19,22). The lowest BCUT2D eigenvalue weighted by atomic mass is 9.78. The third-order valence-electron chi connectivity index (χ3n) is 4.18. The van der Waals surface area contributed by atoms with Crippen LogP contribution in [0.4, 0.5) is 0 Å². The number of carbonyl (C=O) groups excluding carboxylic acids is 1. The normalized spacial score (nSPS) is 14.4. The molecule has 22 heavy (non-hydrogen) atoms. The first kappa shape index (κ1) is 14.5. The fourth-order valence-corrected chi connectivity index (χ4v) is 2.71. The molecule has 0 saturated heterocycles. The van der Waals surface area contributed by atoms with E-state index in [0.29, 0.717) is 19.0 Å². The van der Waals surface area contributed by atoms with Gasteiger partial charge in [-0.1, -0.05) is 24.6 Å². The molecule has 1 saturated carbocycles. The first-order valence-electron chi connectivity index (χ1n) is 7.63. The van der Waals surface area contributed by atoms with Crippen molar-refractivity contribution in [1.29, 1.82) is 0 Å². The van der Waals surface area contributed by atoms with Crippen molar-refractivity contribution in [3.8, 4) is 0 Å². The van der Waals surface area contributed by atoms with Gasteiger partial charge in [0.1, 0.15) is 0 Å². The van der Waals surface area contributed by atoms with Gasteiger partial charge in [-0.15, -0.1) is 0 Å². The minimum Gasteiger partial charge on any atom is -0.350 e. The third kappa shape index (κ3) is 3.08. The topological polar surface area (TPSA) is 64.0 Å². The van der Waals surface area contributed by atoms with Crippen LogP contribution in [0.1, 0.15) is 41.1 Å². The Balaban J connectivity index is 1.63. The van der Waals surface area contributed by atoms with Gasteiger partial charge in [0, 0.05) is 30.9 Å². The van der Waals surface area contributed by atoms with Crippen molar-refractivity contribution >= 4 is 5.91 Å². The molecule has 114 valence electrons. The third-order valence-corrected chi connectivity index (χ3v) is 4.18. The van der Waals surface area contributed by atoms with Crippen LogP contribution in [0.3, 0.4) is 0 Å². The Morgan fingerprint density at radius 3 is 2.82 bits per heavy atom. The summed E-state index contributed by atoms with van der Waals surface area (Å²) >= 11 is 0. The van der Waals surface area contributed by atoms with Crippen molar-refractivity contribution in [1.82, 2.24) is 14.9 Å². The molecule has 0 aliphatic heterocycles. The molecule has 1 aliphatic rings. The van der Waals surface area contributed by atoms with E-state index in [1.807, 2.05) is 24.3 Å². The number of nitrogens with zero attached hydrogens (tertiary/aromatic N) is 2. The second-order valence-corrected chi connectivity index (χ2v) is 5.58. The molecule has 1 aromatic carbocycles. The summed E-state index contributed by atoms with van der Waals surface area (Å²) in [5.74, 6) is 0.447. The summed E-state index contributed by atoms with van der Waals surface area (Å²) in [6.07, 6.45) is 6.51. The molecule has 2 aromatic rings. The fraction of sp³-hybridized carbons (Fsp3) is 0.353. The smallest absolute Gasteiger partial charge is 0.253 e. The van der Waals surface area contributed by atoms with Gasteiger partial charge in [-0.3, -0.25) is 14.2 Å². The van der Waals surface area contributed by atoms with Crippen LogP contribution in [0.5, 0.6) is 0 Å². The maximum Gasteiger partial charge on any atom is 0.253 e. The summed E-state index contributed by atoms with van der Waals surface area (Å²) in [5.41, 5.74) is 1.79. The van der Waals surface area contributed by atoms with E-state index >= 15 is 0 Å². The van der Waals surface area contributed by atoms with Crippen LogP contribution in [0.25, 0.3) is 0 Å². The molecule has 3 rings (SSSR count). The largest absolute Gasteiger partial charge is 0.350 e. The fourth-order valence-electron chi connectivity index (χ4n) is 2.71. The maximum atomic E-state index is 12.4. The second-order valence-electron chi connectivity index (χ2n) is 5.58. The van der Waals surface area contributed by atoms with Gasteiger partial charge < -0.3 is 5.32 Å². The van der Waals surface area contributed by atoms with Crippen molar-refractivity contribution in [2.24, 2.45) is 0 Å². The summed E-state index contributed by atoms with van der Waals surface area (Å²) in [6.45, 7) is 0.827. The van der Waals surface area contributed by atoms with Gasteiger partial charge in [0.2, 0.25) is 0 Å². The van der Waals surface area contributed by atoms with E-state index in [0.717, 1.165) is 24.0 Å². The number of rotatable bonds is 5. The summed E-state index contributed by atoms with van der Waals surface area (Å²) in [7, 11) is 0. The van der Waals surface area contributed by atoms with Crippen molar-refractivity contribution in [3.63, 3.8) is 0 Å². The maximum absolute atomic E-state index is 12.4. The second kappa shape index (κ2) is 6.56. The summed E-state index contributed by atoms with van der Waals surface area (Å²) in [4.78, 5) is 27.8. The van der Waals surface area contributed by atoms with Crippen LogP contribution >= 0.6 is 0 Å². The van der Waals surface area contributed by atoms with Gasteiger partial charge in [-0.2, -0.15) is 0 Å². The van der Waals surface area contributed by atoms with Gasteiger partial charge in [-0.25, -0.2) is 4.98 Å². The summed E-state index contributed by atoms with van der Waals surface area (Å²) < 4.78 is 1.48. The van der Waals surface area contributed by atoms with Crippen molar-refractivity contribution in [2.45, 2.75) is 31.7 Å². The predicted molar refractivity (Wildman–Crippen MR) is 83.9 cm³/mol. The van der Waals surface area contributed by atoms with E-state index < -0.39 is 0 Å². The Kier molecular flexibility index (Phi) is 4.32. The van der Waals surface area contributed by atoms with Gasteiger partial charge >= 0.3 is 0 Å². The van der Waals surface area contributed by atoms with Crippen molar-refractivity contribution in [3.05, 3.63) is 64.3 Å². The highest BCUT2D eigenvalue weighted by atomic mass is 16.1. The van der Waals surface area contributed by atoms with Gasteiger partial charge in [0.05, 0.1) is 6.33 Å². The van der Waals surface area contributed by atoms with Crippen molar-refractivity contribution in [2.75, 3.05) is 6.54 Å². The van der Waals surface area contributed by atoms with E-state index in [1.165, 1.54) is 29.6 Å². The molecular formula is C17H19N3O2. The first-order valence-corrected chi connectivity index (χ1v) is 7.63. The molecule has 1 aromatic heterocycles. The molecule has 0 bridgehead atoms. The Labute approximate surface area is 129 Å². The first-order chi connectivity index (χ1) is 10.8. The quantitative estimate of drug-likeness (QED) is 0.917. The molecule has 0 spiro atoms. The van der Waals surface area contributed by atoms with Crippen LogP contribution in [0.2, 0.25) is 0 Å². The van der Waals surface area contributed by atoms with E-state index in [1.54, 1.807) is 0 Å². The van der Waals surface area contributed by atoms with Gasteiger partial charge in [0.25, 0.3) is 11.5 Å². The highest BCUT2D eigenvalue weighted by Crippen LogP contribution is 2.37. The lowest BCUT2D eigenvalue weighted by Crippen LogP contribution is -2.31. The minimum absolute atomic E-state index is 0.0700. The van der Waals surface area contributed by atoms with Crippen LogP contribution in [0, 0.1) is 0 Å². The Morgan fingerprint density at radius 1 is 1.27 bits per heavy atom. The van der Waals surface area contributed by atoms with E-state index in [-0.39, 0.29) is 11.5 Å². The molecule has 1 fully saturated rings. The number of hydrogen-bond donors (Lipinski definition) is 1. The lowest BCUT2D eigenvalue weighted by molar-refractivity contribution is 0.0950. The van der Waals surface area contributed by atoms with Crippen LogP contribution in [-0.4, -0.2) is 22.0 Å². The summed E-state index contributed by atoms with van der Waals surface area (Å²) in [6, 6.07) is 9.21. The molecule has 1 aliphatic carbocycles. The van der Waals surface area contributed by atoms with E-state index in [4.69, 9.17) is 0 Å². The zero-order valence-electron chi connectivity index (χ0n) is 12.4. The molecule has 1 amide bonds.